The summed E-state index contributed by atoms with van der Waals surface area (Å²) in [5.41, 5.74) is 1.15. The largest absolute Gasteiger partial charge is 0.573 e. The highest BCUT2D eigenvalue weighted by molar-refractivity contribution is 7.22. The summed E-state index contributed by atoms with van der Waals surface area (Å²) in [5.74, 6) is -0.334. The first-order valence-electron chi connectivity index (χ1n) is 8.49. The highest BCUT2D eigenvalue weighted by Gasteiger charge is 2.31. The first-order chi connectivity index (χ1) is 13.3. The summed E-state index contributed by atoms with van der Waals surface area (Å²) in [6.07, 6.45) is -3.14. The third-order valence-corrected chi connectivity index (χ3v) is 5.54. The molecule has 0 bridgehead atoms. The molecule has 3 heterocycles. The van der Waals surface area contributed by atoms with Crippen molar-refractivity contribution in [3.63, 3.8) is 0 Å². The predicted molar refractivity (Wildman–Crippen MR) is 97.6 cm³/mol. The summed E-state index contributed by atoms with van der Waals surface area (Å²) in [6, 6.07) is 5.79. The van der Waals surface area contributed by atoms with Crippen LogP contribution in [-0.4, -0.2) is 58.1 Å². The van der Waals surface area contributed by atoms with E-state index in [0.29, 0.717) is 47.2 Å². The SMILES string of the molecule is Cn1nccc1C(=O)N1CCN(c2nc3ccc(OC(F)(F)F)cc3s2)CC1. The van der Waals surface area contributed by atoms with E-state index in [1.807, 2.05) is 4.90 Å². The third kappa shape index (κ3) is 3.75. The Balaban J connectivity index is 1.45. The maximum absolute atomic E-state index is 12.5. The average molecular weight is 411 g/mol. The molecule has 2 aromatic heterocycles. The van der Waals surface area contributed by atoms with Crippen LogP contribution in [0.4, 0.5) is 18.3 Å². The molecular weight excluding hydrogens is 395 g/mol. The van der Waals surface area contributed by atoms with Crippen LogP contribution in [0.25, 0.3) is 10.2 Å². The number of halogens is 3. The fraction of sp³-hybridized carbons (Fsp3) is 0.353. The van der Waals surface area contributed by atoms with Gasteiger partial charge in [0, 0.05) is 45.5 Å². The first-order valence-corrected chi connectivity index (χ1v) is 9.30. The quantitative estimate of drug-likeness (QED) is 0.663. The molecule has 1 saturated heterocycles. The molecule has 1 aromatic carbocycles. The highest BCUT2D eigenvalue weighted by Crippen LogP contribution is 2.33. The second kappa shape index (κ2) is 6.97. The van der Waals surface area contributed by atoms with Gasteiger partial charge in [-0.2, -0.15) is 5.10 Å². The molecule has 0 unspecified atom stereocenters. The van der Waals surface area contributed by atoms with Gasteiger partial charge in [-0.25, -0.2) is 4.98 Å². The first kappa shape index (κ1) is 18.5. The van der Waals surface area contributed by atoms with Gasteiger partial charge in [-0.05, 0) is 18.2 Å². The van der Waals surface area contributed by atoms with Crippen molar-refractivity contribution < 1.29 is 22.7 Å². The van der Waals surface area contributed by atoms with Gasteiger partial charge in [-0.1, -0.05) is 11.3 Å². The smallest absolute Gasteiger partial charge is 0.406 e. The molecule has 148 valence electrons. The van der Waals surface area contributed by atoms with E-state index in [1.165, 1.54) is 29.5 Å². The second-order valence-corrected chi connectivity index (χ2v) is 7.30. The number of carbonyl (C=O) groups excluding carboxylic acids is 1. The summed E-state index contributed by atoms with van der Waals surface area (Å²) in [7, 11) is 1.72. The van der Waals surface area contributed by atoms with Gasteiger partial charge in [0.2, 0.25) is 0 Å². The van der Waals surface area contributed by atoms with Crippen molar-refractivity contribution in [2.45, 2.75) is 6.36 Å². The minimum atomic E-state index is -4.72. The number of thiazole rings is 1. The Morgan fingerprint density at radius 3 is 2.57 bits per heavy atom. The lowest BCUT2D eigenvalue weighted by Gasteiger charge is -2.34. The molecule has 1 aliphatic heterocycles. The monoisotopic (exact) mass is 411 g/mol. The maximum Gasteiger partial charge on any atom is 0.573 e. The number of ether oxygens (including phenoxy) is 1. The molecule has 7 nitrogen and oxygen atoms in total. The Hall–Kier alpha value is -2.82. The Morgan fingerprint density at radius 1 is 1.18 bits per heavy atom. The van der Waals surface area contributed by atoms with Crippen LogP contribution in [-0.2, 0) is 7.05 Å². The topological polar surface area (TPSA) is 63.5 Å². The van der Waals surface area contributed by atoms with Crippen molar-refractivity contribution >= 4 is 32.6 Å². The van der Waals surface area contributed by atoms with Crippen LogP contribution in [0.3, 0.4) is 0 Å². The van der Waals surface area contributed by atoms with E-state index in [1.54, 1.807) is 28.9 Å². The Morgan fingerprint density at radius 2 is 1.93 bits per heavy atom. The van der Waals surface area contributed by atoms with Gasteiger partial charge in [0.15, 0.2) is 5.13 Å². The number of hydrogen-bond acceptors (Lipinski definition) is 6. The third-order valence-electron chi connectivity index (χ3n) is 4.46. The van der Waals surface area contributed by atoms with Gasteiger partial charge in [0.25, 0.3) is 5.91 Å². The lowest BCUT2D eigenvalue weighted by molar-refractivity contribution is -0.274. The molecule has 0 spiro atoms. The Kier molecular flexibility index (Phi) is 4.61. The van der Waals surface area contributed by atoms with Crippen molar-refractivity contribution in [3.05, 3.63) is 36.2 Å². The van der Waals surface area contributed by atoms with Gasteiger partial charge in [-0.15, -0.1) is 13.2 Å². The van der Waals surface area contributed by atoms with Gasteiger partial charge in [0.1, 0.15) is 11.4 Å². The predicted octanol–water partition coefficient (Wildman–Crippen LogP) is 2.89. The van der Waals surface area contributed by atoms with Crippen LogP contribution in [0.2, 0.25) is 0 Å². The number of nitrogens with zero attached hydrogens (tertiary/aromatic N) is 5. The molecular formula is C17H16F3N5O2S. The minimum Gasteiger partial charge on any atom is -0.406 e. The second-order valence-electron chi connectivity index (χ2n) is 6.29. The number of alkyl halides is 3. The number of amides is 1. The summed E-state index contributed by atoms with van der Waals surface area (Å²) < 4.78 is 43.3. The lowest BCUT2D eigenvalue weighted by atomic mass is 10.3. The van der Waals surface area contributed by atoms with Gasteiger partial charge in [0.05, 0.1) is 10.2 Å². The number of aryl methyl sites for hydroxylation is 1. The van der Waals surface area contributed by atoms with Gasteiger partial charge < -0.3 is 14.5 Å². The van der Waals surface area contributed by atoms with E-state index < -0.39 is 6.36 Å². The van der Waals surface area contributed by atoms with E-state index in [0.717, 1.165) is 0 Å². The molecule has 0 N–H and O–H groups in total. The van der Waals surface area contributed by atoms with E-state index in [4.69, 9.17) is 0 Å². The van der Waals surface area contributed by atoms with Crippen molar-refractivity contribution in [1.82, 2.24) is 19.7 Å². The standard InChI is InChI=1S/C17H16F3N5O2S/c1-23-13(4-5-21-23)15(26)24-6-8-25(9-7-24)16-22-12-3-2-11(10-14(12)28-16)27-17(18,19)20/h2-5,10H,6-9H2,1H3. The van der Waals surface area contributed by atoms with Crippen LogP contribution in [0, 0.1) is 0 Å². The molecule has 11 heteroatoms. The molecule has 1 amide bonds. The fourth-order valence-electron chi connectivity index (χ4n) is 3.07. The number of hydrogen-bond donors (Lipinski definition) is 0. The summed E-state index contributed by atoms with van der Waals surface area (Å²) in [5, 5.41) is 4.73. The molecule has 1 fully saturated rings. The molecule has 0 radical (unpaired) electrons. The number of aromatic nitrogens is 3. The zero-order chi connectivity index (χ0) is 19.9. The normalized spacial score (nSPS) is 15.3. The fourth-order valence-corrected chi connectivity index (χ4v) is 4.12. The van der Waals surface area contributed by atoms with Crippen LogP contribution >= 0.6 is 11.3 Å². The van der Waals surface area contributed by atoms with E-state index in [2.05, 4.69) is 14.8 Å². The zero-order valence-electron chi connectivity index (χ0n) is 14.8. The number of piperazine rings is 1. The van der Waals surface area contributed by atoms with Crippen LogP contribution in [0.5, 0.6) is 5.75 Å². The lowest BCUT2D eigenvalue weighted by Crippen LogP contribution is -2.49. The Bertz CT molecular complexity index is 1010. The molecule has 1 aliphatic rings. The molecule has 4 rings (SSSR count). The highest BCUT2D eigenvalue weighted by atomic mass is 32.1. The summed E-state index contributed by atoms with van der Waals surface area (Å²) in [6.45, 7) is 2.25. The number of anilines is 1. The van der Waals surface area contributed by atoms with E-state index >= 15 is 0 Å². The zero-order valence-corrected chi connectivity index (χ0v) is 15.6. The van der Waals surface area contributed by atoms with Gasteiger partial charge >= 0.3 is 6.36 Å². The van der Waals surface area contributed by atoms with Gasteiger partial charge in [-0.3, -0.25) is 9.48 Å². The minimum absolute atomic E-state index is 0.0714. The van der Waals surface area contributed by atoms with Crippen LogP contribution < -0.4 is 9.64 Å². The van der Waals surface area contributed by atoms with E-state index in [9.17, 15) is 18.0 Å². The molecule has 0 saturated carbocycles. The maximum atomic E-state index is 12.5. The van der Waals surface area contributed by atoms with Crippen LogP contribution in [0.1, 0.15) is 10.5 Å². The Labute approximate surface area is 161 Å². The van der Waals surface area contributed by atoms with Crippen LogP contribution in [0.15, 0.2) is 30.5 Å². The van der Waals surface area contributed by atoms with Crippen molar-refractivity contribution in [2.24, 2.45) is 7.05 Å². The molecule has 28 heavy (non-hydrogen) atoms. The summed E-state index contributed by atoms with van der Waals surface area (Å²) >= 11 is 1.30. The van der Waals surface area contributed by atoms with E-state index in [-0.39, 0.29) is 11.7 Å². The van der Waals surface area contributed by atoms with Crippen molar-refractivity contribution in [1.29, 1.82) is 0 Å². The van der Waals surface area contributed by atoms with Crippen molar-refractivity contribution in [3.8, 4) is 5.75 Å². The number of rotatable bonds is 3. The number of carbonyl (C=O) groups is 1. The molecule has 3 aromatic rings. The number of fused-ring (bicyclic) bond motifs is 1. The average Bonchev–Trinajstić information content (AvgIpc) is 3.25. The molecule has 0 atom stereocenters. The number of benzene rings is 1. The summed E-state index contributed by atoms with van der Waals surface area (Å²) in [4.78, 5) is 20.8. The van der Waals surface area contributed by atoms with Crippen molar-refractivity contribution in [2.75, 3.05) is 31.1 Å². The molecule has 0 aliphatic carbocycles.